The van der Waals surface area contributed by atoms with Crippen molar-refractivity contribution in [1.29, 1.82) is 5.26 Å². The maximum absolute atomic E-state index is 11.7. The van der Waals surface area contributed by atoms with Crippen molar-refractivity contribution >= 4 is 17.5 Å². The summed E-state index contributed by atoms with van der Waals surface area (Å²) in [4.78, 5) is 20.1. The van der Waals surface area contributed by atoms with E-state index in [1.54, 1.807) is 13.0 Å². The normalized spacial score (nSPS) is 10.2. The summed E-state index contributed by atoms with van der Waals surface area (Å²) in [6.07, 6.45) is 1.43. The number of carbonyl (C=O) groups is 1. The van der Waals surface area contributed by atoms with Crippen molar-refractivity contribution < 1.29 is 9.21 Å². The quantitative estimate of drug-likeness (QED) is 0.734. The zero-order chi connectivity index (χ0) is 17.1. The van der Waals surface area contributed by atoms with Crippen molar-refractivity contribution in [2.24, 2.45) is 0 Å². The number of hydrogen-bond donors (Lipinski definition) is 1. The second kappa shape index (κ2) is 6.34. The van der Waals surface area contributed by atoms with E-state index >= 15 is 0 Å². The number of nitrogens with one attached hydrogen (secondary N) is 1. The Morgan fingerprint density at radius 1 is 1.25 bits per heavy atom. The predicted octanol–water partition coefficient (Wildman–Crippen LogP) is 3.86. The summed E-state index contributed by atoms with van der Waals surface area (Å²) in [5.41, 5.74) is 2.15. The van der Waals surface area contributed by atoms with Gasteiger partial charge in [-0.05, 0) is 13.8 Å². The summed E-state index contributed by atoms with van der Waals surface area (Å²) in [5.74, 6) is 0.870. The van der Waals surface area contributed by atoms with Crippen LogP contribution in [0.3, 0.4) is 0 Å². The summed E-state index contributed by atoms with van der Waals surface area (Å²) in [6.45, 7) is 3.05. The number of anilines is 2. The molecule has 1 aromatic carbocycles. The van der Waals surface area contributed by atoms with E-state index < -0.39 is 0 Å². The van der Waals surface area contributed by atoms with Crippen LogP contribution in [0.1, 0.15) is 28.6 Å². The molecule has 0 unspecified atom stereocenters. The summed E-state index contributed by atoms with van der Waals surface area (Å²) in [7, 11) is 0. The van der Waals surface area contributed by atoms with Crippen LogP contribution >= 0.6 is 0 Å². The number of aromatic nitrogens is 2. The number of benzene rings is 1. The fourth-order valence-corrected chi connectivity index (χ4v) is 2.47. The lowest BCUT2D eigenvalue weighted by Gasteiger charge is -2.05. The molecular weight excluding hydrogens is 304 g/mol. The highest BCUT2D eigenvalue weighted by molar-refractivity contribution is 5.99. The van der Waals surface area contributed by atoms with Crippen LogP contribution < -0.4 is 5.32 Å². The third-order valence-electron chi connectivity index (χ3n) is 3.53. The number of furan rings is 1. The van der Waals surface area contributed by atoms with E-state index in [1.165, 1.54) is 13.3 Å². The lowest BCUT2D eigenvalue weighted by molar-refractivity contribution is 0.101. The fraction of sp³-hybridized carbons (Fsp3) is 0.111. The molecular formula is C18H14N4O2. The third kappa shape index (κ3) is 2.88. The highest BCUT2D eigenvalue weighted by Gasteiger charge is 2.21. The molecule has 0 saturated carbocycles. The number of nitriles is 1. The first-order valence-corrected chi connectivity index (χ1v) is 7.29. The van der Waals surface area contributed by atoms with Gasteiger partial charge in [0.15, 0.2) is 5.78 Å². The molecule has 0 spiro atoms. The van der Waals surface area contributed by atoms with Gasteiger partial charge in [-0.15, -0.1) is 0 Å². The highest BCUT2D eigenvalue weighted by Crippen LogP contribution is 2.29. The second-order valence-electron chi connectivity index (χ2n) is 5.18. The Morgan fingerprint density at radius 3 is 2.67 bits per heavy atom. The highest BCUT2D eigenvalue weighted by atomic mass is 16.4. The number of aryl methyl sites for hydroxylation is 1. The Hall–Kier alpha value is -3.46. The molecule has 24 heavy (non-hydrogen) atoms. The van der Waals surface area contributed by atoms with E-state index in [4.69, 9.17) is 4.42 Å². The number of rotatable bonds is 4. The Kier molecular flexibility index (Phi) is 4.08. The number of carbonyl (C=O) groups excluding carboxylic acids is 1. The van der Waals surface area contributed by atoms with Crippen LogP contribution in [0.4, 0.5) is 11.7 Å². The zero-order valence-electron chi connectivity index (χ0n) is 13.2. The van der Waals surface area contributed by atoms with E-state index in [1.807, 2.05) is 36.4 Å². The lowest BCUT2D eigenvalue weighted by atomic mass is 10.1. The Labute approximate surface area is 138 Å². The largest absolute Gasteiger partial charge is 0.443 e. The van der Waals surface area contributed by atoms with E-state index in [2.05, 4.69) is 15.3 Å². The van der Waals surface area contributed by atoms with Gasteiger partial charge in [0.25, 0.3) is 0 Å². The van der Waals surface area contributed by atoms with Crippen LogP contribution in [-0.4, -0.2) is 15.8 Å². The van der Waals surface area contributed by atoms with Crippen LogP contribution in [0.15, 0.2) is 47.1 Å². The van der Waals surface area contributed by atoms with Gasteiger partial charge in [0.2, 0.25) is 5.88 Å². The summed E-state index contributed by atoms with van der Waals surface area (Å²) >= 11 is 0. The molecule has 2 heterocycles. The van der Waals surface area contributed by atoms with E-state index in [9.17, 15) is 10.1 Å². The molecule has 0 aliphatic carbocycles. The second-order valence-corrected chi connectivity index (χ2v) is 5.18. The molecule has 1 N–H and O–H groups in total. The van der Waals surface area contributed by atoms with Gasteiger partial charge in [0, 0.05) is 11.6 Å². The molecule has 0 bridgehead atoms. The zero-order valence-corrected chi connectivity index (χ0v) is 13.2. The molecule has 2 aromatic heterocycles. The van der Waals surface area contributed by atoms with Crippen molar-refractivity contribution in [1.82, 2.24) is 9.97 Å². The van der Waals surface area contributed by atoms with Gasteiger partial charge in [-0.25, -0.2) is 9.97 Å². The molecule has 6 heteroatoms. The Bertz CT molecular complexity index is 939. The van der Waals surface area contributed by atoms with Gasteiger partial charge in [-0.2, -0.15) is 5.26 Å². The third-order valence-corrected chi connectivity index (χ3v) is 3.53. The molecule has 118 valence electrons. The van der Waals surface area contributed by atoms with Gasteiger partial charge < -0.3 is 9.73 Å². The molecule has 6 nitrogen and oxygen atoms in total. The molecule has 0 amide bonds. The monoisotopic (exact) mass is 318 g/mol. The van der Waals surface area contributed by atoms with Crippen LogP contribution in [0.25, 0.3) is 11.3 Å². The van der Waals surface area contributed by atoms with Gasteiger partial charge in [0.05, 0.1) is 11.3 Å². The maximum atomic E-state index is 11.7. The molecule has 3 aromatic rings. The van der Waals surface area contributed by atoms with Gasteiger partial charge >= 0.3 is 0 Å². The van der Waals surface area contributed by atoms with E-state index in [0.29, 0.717) is 11.6 Å². The maximum Gasteiger partial charge on any atom is 0.217 e. The molecule has 0 aliphatic rings. The molecule has 0 fully saturated rings. The number of hydrogen-bond acceptors (Lipinski definition) is 6. The number of ketones is 1. The minimum atomic E-state index is -0.214. The van der Waals surface area contributed by atoms with Gasteiger partial charge in [-0.3, -0.25) is 4.79 Å². The lowest BCUT2D eigenvalue weighted by Crippen LogP contribution is -1.98. The average Bonchev–Trinajstić information content (AvgIpc) is 2.91. The summed E-state index contributed by atoms with van der Waals surface area (Å²) < 4.78 is 5.53. The van der Waals surface area contributed by atoms with E-state index in [-0.39, 0.29) is 22.8 Å². The average molecular weight is 318 g/mol. The number of Topliss-reactive ketones (excluding diaryl/α,β-unsaturated/α-hetero) is 1. The SMILES string of the molecule is CC(=O)c1c(C)oc(Nc2cc(-c3ccccc3)ncn2)c1C#N. The topological polar surface area (TPSA) is 91.8 Å². The van der Waals surface area contributed by atoms with Crippen LogP contribution in [0, 0.1) is 18.3 Å². The molecule has 3 rings (SSSR count). The molecule has 0 aliphatic heterocycles. The Balaban J connectivity index is 1.97. The van der Waals surface area contributed by atoms with Crippen molar-refractivity contribution in [2.45, 2.75) is 13.8 Å². The van der Waals surface area contributed by atoms with Crippen LogP contribution in [0.2, 0.25) is 0 Å². The molecule has 0 saturated heterocycles. The fourth-order valence-electron chi connectivity index (χ4n) is 2.47. The summed E-state index contributed by atoms with van der Waals surface area (Å²) in [5, 5.41) is 12.3. The molecule has 0 radical (unpaired) electrons. The first-order valence-electron chi connectivity index (χ1n) is 7.29. The first kappa shape index (κ1) is 15.4. The van der Waals surface area contributed by atoms with Crippen LogP contribution in [0.5, 0.6) is 0 Å². The minimum absolute atomic E-state index is 0.180. The van der Waals surface area contributed by atoms with Crippen molar-refractivity contribution in [3.05, 3.63) is 59.6 Å². The van der Waals surface area contributed by atoms with Crippen molar-refractivity contribution in [2.75, 3.05) is 5.32 Å². The number of nitrogens with zero attached hydrogens (tertiary/aromatic N) is 3. The Morgan fingerprint density at radius 2 is 2.00 bits per heavy atom. The smallest absolute Gasteiger partial charge is 0.217 e. The van der Waals surface area contributed by atoms with Crippen LogP contribution in [-0.2, 0) is 0 Å². The van der Waals surface area contributed by atoms with Gasteiger partial charge in [0.1, 0.15) is 29.5 Å². The first-order chi connectivity index (χ1) is 11.6. The standard InChI is InChI=1S/C18H14N4O2/c1-11(23)17-12(2)24-18(14(17)9-19)22-16-8-15(20-10-21-16)13-6-4-3-5-7-13/h3-8,10H,1-2H3,(H,20,21,22). The summed E-state index contributed by atoms with van der Waals surface area (Å²) in [6, 6.07) is 13.4. The van der Waals surface area contributed by atoms with Gasteiger partial charge in [-0.1, -0.05) is 30.3 Å². The van der Waals surface area contributed by atoms with E-state index in [0.717, 1.165) is 11.3 Å². The van der Waals surface area contributed by atoms with Crippen molar-refractivity contribution in [3.63, 3.8) is 0 Å². The van der Waals surface area contributed by atoms with Crippen molar-refractivity contribution in [3.8, 4) is 17.3 Å². The predicted molar refractivity (Wildman–Crippen MR) is 88.9 cm³/mol. The molecule has 0 atom stereocenters. The minimum Gasteiger partial charge on any atom is -0.443 e.